The molecule has 3 rings (SSSR count). The molecule has 0 bridgehead atoms. The minimum absolute atomic E-state index is 0.0415. The Labute approximate surface area is 129 Å². The molecule has 0 aromatic carbocycles. The summed E-state index contributed by atoms with van der Waals surface area (Å²) in [4.78, 5) is 14.6. The molecule has 2 saturated heterocycles. The highest BCUT2D eigenvalue weighted by Crippen LogP contribution is 2.23. The number of carbonyl (C=O) groups is 1. The van der Waals surface area contributed by atoms with Gasteiger partial charge in [-0.25, -0.2) is 4.68 Å². The lowest BCUT2D eigenvalue weighted by Crippen LogP contribution is -2.41. The van der Waals surface area contributed by atoms with Crippen LogP contribution in [0.5, 0.6) is 0 Å². The quantitative estimate of drug-likeness (QED) is 0.886. The molecular weight excluding hydrogens is 286 g/mol. The zero-order chi connectivity index (χ0) is 14.8. The molecular formula is C14H23N5OS. The lowest BCUT2D eigenvalue weighted by Gasteiger charge is -2.30. The highest BCUT2D eigenvalue weighted by atomic mass is 32.2. The third kappa shape index (κ3) is 3.08. The van der Waals surface area contributed by atoms with E-state index in [1.165, 1.54) is 0 Å². The van der Waals surface area contributed by atoms with Crippen molar-refractivity contribution >= 4 is 17.7 Å². The van der Waals surface area contributed by atoms with Crippen LogP contribution >= 0.6 is 11.8 Å². The molecule has 1 N–H and O–H groups in total. The number of hydrogen-bond donors (Lipinski definition) is 1. The van der Waals surface area contributed by atoms with Crippen molar-refractivity contribution in [2.75, 3.05) is 31.9 Å². The Balaban J connectivity index is 1.76. The van der Waals surface area contributed by atoms with Gasteiger partial charge in [0.05, 0.1) is 11.7 Å². The fraction of sp³-hybridized carbons (Fsp3) is 0.786. The molecule has 7 heteroatoms. The summed E-state index contributed by atoms with van der Waals surface area (Å²) in [7, 11) is 0. The SMILES string of the molecule is Cc1c(C(=O)N2CCSC(C)C2)nnn1C1CCNCC1. The van der Waals surface area contributed by atoms with Crippen molar-refractivity contribution in [3.05, 3.63) is 11.4 Å². The van der Waals surface area contributed by atoms with Crippen molar-refractivity contribution in [2.24, 2.45) is 0 Å². The van der Waals surface area contributed by atoms with Crippen LogP contribution in [0.1, 0.15) is 42.0 Å². The number of amides is 1. The van der Waals surface area contributed by atoms with E-state index in [-0.39, 0.29) is 5.91 Å². The van der Waals surface area contributed by atoms with E-state index in [1.54, 1.807) is 0 Å². The van der Waals surface area contributed by atoms with Crippen LogP contribution < -0.4 is 5.32 Å². The number of nitrogens with zero attached hydrogens (tertiary/aromatic N) is 4. The largest absolute Gasteiger partial charge is 0.335 e. The Morgan fingerprint density at radius 1 is 1.38 bits per heavy atom. The van der Waals surface area contributed by atoms with Gasteiger partial charge in [0.2, 0.25) is 0 Å². The predicted molar refractivity (Wildman–Crippen MR) is 83.7 cm³/mol. The third-order valence-electron chi connectivity index (χ3n) is 4.31. The molecule has 1 unspecified atom stereocenters. The van der Waals surface area contributed by atoms with Gasteiger partial charge in [0, 0.05) is 24.1 Å². The molecule has 1 atom stereocenters. The van der Waals surface area contributed by atoms with E-state index in [0.29, 0.717) is 17.0 Å². The van der Waals surface area contributed by atoms with Crippen molar-refractivity contribution in [1.82, 2.24) is 25.2 Å². The average Bonchev–Trinajstić information content (AvgIpc) is 2.89. The number of hydrogen-bond acceptors (Lipinski definition) is 5. The smallest absolute Gasteiger partial charge is 0.276 e. The molecule has 1 aromatic rings. The van der Waals surface area contributed by atoms with Crippen LogP contribution in [-0.4, -0.2) is 63.0 Å². The lowest BCUT2D eigenvalue weighted by atomic mass is 10.1. The average molecular weight is 309 g/mol. The summed E-state index contributed by atoms with van der Waals surface area (Å²) < 4.78 is 1.95. The highest BCUT2D eigenvalue weighted by molar-refractivity contribution is 7.99. The normalized spacial score (nSPS) is 24.3. The fourth-order valence-corrected chi connectivity index (χ4v) is 4.10. The summed E-state index contributed by atoms with van der Waals surface area (Å²) in [5.41, 5.74) is 1.45. The van der Waals surface area contributed by atoms with Gasteiger partial charge in [-0.05, 0) is 32.9 Å². The second-order valence-electron chi connectivity index (χ2n) is 5.88. The van der Waals surface area contributed by atoms with Gasteiger partial charge in [-0.15, -0.1) is 5.10 Å². The van der Waals surface area contributed by atoms with E-state index >= 15 is 0 Å². The Bertz CT molecular complexity index is 511. The van der Waals surface area contributed by atoms with Crippen LogP contribution in [0, 0.1) is 6.92 Å². The molecule has 2 aliphatic heterocycles. The van der Waals surface area contributed by atoms with Crippen LogP contribution in [-0.2, 0) is 0 Å². The van der Waals surface area contributed by atoms with Gasteiger partial charge in [0.15, 0.2) is 5.69 Å². The van der Waals surface area contributed by atoms with E-state index in [2.05, 4.69) is 22.6 Å². The third-order valence-corrected chi connectivity index (χ3v) is 5.45. The van der Waals surface area contributed by atoms with E-state index in [1.807, 2.05) is 28.3 Å². The highest BCUT2D eigenvalue weighted by Gasteiger charge is 2.28. The van der Waals surface area contributed by atoms with Crippen molar-refractivity contribution in [1.29, 1.82) is 0 Å². The van der Waals surface area contributed by atoms with Gasteiger partial charge in [0.1, 0.15) is 0 Å². The first kappa shape index (κ1) is 14.8. The molecule has 2 fully saturated rings. The Hall–Kier alpha value is -1.08. The van der Waals surface area contributed by atoms with Gasteiger partial charge in [-0.1, -0.05) is 12.1 Å². The monoisotopic (exact) mass is 309 g/mol. The van der Waals surface area contributed by atoms with Gasteiger partial charge in [0.25, 0.3) is 5.91 Å². The Kier molecular flexibility index (Phi) is 4.49. The Morgan fingerprint density at radius 2 is 2.14 bits per heavy atom. The van der Waals surface area contributed by atoms with E-state index in [4.69, 9.17) is 0 Å². The topological polar surface area (TPSA) is 63.1 Å². The van der Waals surface area contributed by atoms with Crippen molar-refractivity contribution < 1.29 is 4.79 Å². The Morgan fingerprint density at radius 3 is 2.86 bits per heavy atom. The maximum Gasteiger partial charge on any atom is 0.276 e. The van der Waals surface area contributed by atoms with Gasteiger partial charge in [-0.2, -0.15) is 11.8 Å². The predicted octanol–water partition coefficient (Wildman–Crippen LogP) is 1.09. The second-order valence-corrected chi connectivity index (χ2v) is 7.43. The zero-order valence-corrected chi connectivity index (χ0v) is 13.5. The minimum Gasteiger partial charge on any atom is -0.335 e. The molecule has 21 heavy (non-hydrogen) atoms. The molecule has 116 valence electrons. The number of nitrogens with one attached hydrogen (secondary N) is 1. The first-order valence-corrected chi connectivity index (χ1v) is 8.75. The van der Waals surface area contributed by atoms with E-state index in [9.17, 15) is 4.79 Å². The molecule has 3 heterocycles. The number of piperidine rings is 1. The van der Waals surface area contributed by atoms with E-state index in [0.717, 1.165) is 50.5 Å². The van der Waals surface area contributed by atoms with Crippen molar-refractivity contribution in [2.45, 2.75) is 38.0 Å². The fourth-order valence-electron chi connectivity index (χ4n) is 3.09. The van der Waals surface area contributed by atoms with Crippen molar-refractivity contribution in [3.63, 3.8) is 0 Å². The molecule has 2 aliphatic rings. The number of thioether (sulfide) groups is 1. The first-order chi connectivity index (χ1) is 10.2. The number of rotatable bonds is 2. The van der Waals surface area contributed by atoms with E-state index < -0.39 is 0 Å². The van der Waals surface area contributed by atoms with Gasteiger partial charge in [-0.3, -0.25) is 4.79 Å². The first-order valence-electron chi connectivity index (χ1n) is 7.70. The van der Waals surface area contributed by atoms with Crippen LogP contribution in [0.4, 0.5) is 0 Å². The lowest BCUT2D eigenvalue weighted by molar-refractivity contribution is 0.0756. The standard InChI is InChI=1S/C14H23N5OS/c1-10-9-18(7-8-21-10)14(20)13-11(2)19(17-16-13)12-3-5-15-6-4-12/h10,12,15H,3-9H2,1-2H3. The van der Waals surface area contributed by atoms with Crippen LogP contribution in [0.3, 0.4) is 0 Å². The van der Waals surface area contributed by atoms with Gasteiger partial charge >= 0.3 is 0 Å². The maximum absolute atomic E-state index is 12.7. The van der Waals surface area contributed by atoms with Gasteiger partial charge < -0.3 is 10.2 Å². The summed E-state index contributed by atoms with van der Waals surface area (Å²) >= 11 is 1.92. The zero-order valence-electron chi connectivity index (χ0n) is 12.7. The molecule has 1 amide bonds. The number of aromatic nitrogens is 3. The summed E-state index contributed by atoms with van der Waals surface area (Å²) in [5.74, 6) is 1.05. The number of carbonyl (C=O) groups excluding carboxylic acids is 1. The summed E-state index contributed by atoms with van der Waals surface area (Å²) in [5, 5.41) is 12.3. The van der Waals surface area contributed by atoms with Crippen LogP contribution in [0.2, 0.25) is 0 Å². The molecule has 0 aliphatic carbocycles. The second kappa shape index (κ2) is 6.36. The minimum atomic E-state index is 0.0415. The maximum atomic E-state index is 12.7. The summed E-state index contributed by atoms with van der Waals surface area (Å²) in [6, 6.07) is 0.371. The summed E-state index contributed by atoms with van der Waals surface area (Å²) in [6.45, 7) is 7.78. The van der Waals surface area contributed by atoms with Crippen LogP contribution in [0.25, 0.3) is 0 Å². The molecule has 0 spiro atoms. The van der Waals surface area contributed by atoms with Crippen LogP contribution in [0.15, 0.2) is 0 Å². The molecule has 6 nitrogen and oxygen atoms in total. The molecule has 1 aromatic heterocycles. The molecule has 0 radical (unpaired) electrons. The molecule has 0 saturated carbocycles. The summed E-state index contributed by atoms with van der Waals surface area (Å²) in [6.07, 6.45) is 2.10. The van der Waals surface area contributed by atoms with Crippen molar-refractivity contribution in [3.8, 4) is 0 Å².